The molecule has 1 amide bonds. The Balaban J connectivity index is 1.55. The first-order valence-corrected chi connectivity index (χ1v) is 9.67. The molecule has 4 nitrogen and oxygen atoms in total. The summed E-state index contributed by atoms with van der Waals surface area (Å²) in [4.78, 5) is 14.7. The van der Waals surface area contributed by atoms with E-state index in [9.17, 15) is 4.79 Å². The molecule has 1 aliphatic heterocycles. The number of rotatable bonds is 3. The Bertz CT molecular complexity index is 698. The SMILES string of the molecule is CC(C)(C)N1CCC(OC(=O)Nc2sccc2-c2ccccc2)CC1. The van der Waals surface area contributed by atoms with Gasteiger partial charge in [0.15, 0.2) is 0 Å². The Kier molecular flexibility index (Phi) is 5.45. The maximum absolute atomic E-state index is 12.3. The Morgan fingerprint density at radius 2 is 1.84 bits per heavy atom. The van der Waals surface area contributed by atoms with E-state index in [1.807, 2.05) is 41.8 Å². The number of benzene rings is 1. The van der Waals surface area contributed by atoms with Gasteiger partial charge in [-0.05, 0) is 50.6 Å². The molecule has 0 atom stereocenters. The van der Waals surface area contributed by atoms with Crippen LogP contribution in [0.15, 0.2) is 41.8 Å². The van der Waals surface area contributed by atoms with Crippen molar-refractivity contribution in [3.63, 3.8) is 0 Å². The first kappa shape index (κ1) is 18.0. The molecule has 2 heterocycles. The van der Waals surface area contributed by atoms with Gasteiger partial charge in [-0.2, -0.15) is 0 Å². The summed E-state index contributed by atoms with van der Waals surface area (Å²) in [7, 11) is 0. The van der Waals surface area contributed by atoms with Crippen molar-refractivity contribution in [3.8, 4) is 11.1 Å². The Morgan fingerprint density at radius 3 is 2.48 bits per heavy atom. The minimum absolute atomic E-state index is 0.00117. The molecular weight excluding hydrogens is 332 g/mol. The van der Waals surface area contributed by atoms with E-state index >= 15 is 0 Å². The molecule has 1 fully saturated rings. The maximum Gasteiger partial charge on any atom is 0.412 e. The molecule has 0 bridgehead atoms. The molecule has 5 heteroatoms. The number of ether oxygens (including phenoxy) is 1. The zero-order valence-corrected chi connectivity index (χ0v) is 15.9. The number of likely N-dealkylation sites (tertiary alicyclic amines) is 1. The fraction of sp³-hybridized carbons (Fsp3) is 0.450. The molecule has 3 rings (SSSR count). The van der Waals surface area contributed by atoms with Crippen LogP contribution in [0.2, 0.25) is 0 Å². The number of hydrogen-bond donors (Lipinski definition) is 1. The third-order valence-corrected chi connectivity index (χ3v) is 5.46. The van der Waals surface area contributed by atoms with Gasteiger partial charge in [0, 0.05) is 24.2 Å². The van der Waals surface area contributed by atoms with Crippen molar-refractivity contribution in [1.29, 1.82) is 0 Å². The van der Waals surface area contributed by atoms with Gasteiger partial charge >= 0.3 is 6.09 Å². The van der Waals surface area contributed by atoms with Crippen LogP contribution in [0.5, 0.6) is 0 Å². The first-order chi connectivity index (χ1) is 11.9. The van der Waals surface area contributed by atoms with Gasteiger partial charge in [0.1, 0.15) is 11.1 Å². The normalized spacial score (nSPS) is 16.6. The predicted octanol–water partition coefficient (Wildman–Crippen LogP) is 5.23. The molecule has 1 saturated heterocycles. The molecule has 0 unspecified atom stereocenters. The highest BCUT2D eigenvalue weighted by atomic mass is 32.1. The standard InChI is InChI=1S/C20H26N2O2S/c1-20(2,3)22-12-9-16(10-13-22)24-19(23)21-18-17(11-14-25-18)15-7-5-4-6-8-15/h4-8,11,14,16H,9-10,12-13H2,1-3H3,(H,21,23). The number of thiophene rings is 1. The van der Waals surface area contributed by atoms with Crippen molar-refractivity contribution < 1.29 is 9.53 Å². The van der Waals surface area contributed by atoms with Crippen molar-refractivity contribution in [1.82, 2.24) is 4.90 Å². The average Bonchev–Trinajstić information content (AvgIpc) is 3.03. The highest BCUT2D eigenvalue weighted by Crippen LogP contribution is 2.33. The second kappa shape index (κ2) is 7.58. The van der Waals surface area contributed by atoms with Gasteiger partial charge in [0.25, 0.3) is 0 Å². The molecule has 0 spiro atoms. The number of amides is 1. The topological polar surface area (TPSA) is 41.6 Å². The summed E-state index contributed by atoms with van der Waals surface area (Å²) in [5.41, 5.74) is 2.30. The summed E-state index contributed by atoms with van der Waals surface area (Å²) >= 11 is 1.52. The minimum Gasteiger partial charge on any atom is -0.446 e. The van der Waals surface area contributed by atoms with E-state index in [2.05, 4.69) is 31.0 Å². The van der Waals surface area contributed by atoms with E-state index in [0.29, 0.717) is 0 Å². The van der Waals surface area contributed by atoms with Crippen molar-refractivity contribution in [2.45, 2.75) is 45.3 Å². The monoisotopic (exact) mass is 358 g/mol. The van der Waals surface area contributed by atoms with Gasteiger partial charge in [-0.1, -0.05) is 30.3 Å². The summed E-state index contributed by atoms with van der Waals surface area (Å²) in [6, 6.07) is 12.1. The fourth-order valence-electron chi connectivity index (χ4n) is 3.17. The van der Waals surface area contributed by atoms with Gasteiger partial charge in [0.2, 0.25) is 0 Å². The maximum atomic E-state index is 12.3. The van der Waals surface area contributed by atoms with Crippen LogP contribution in [-0.4, -0.2) is 35.7 Å². The Morgan fingerprint density at radius 1 is 1.16 bits per heavy atom. The smallest absolute Gasteiger partial charge is 0.412 e. The number of carbonyl (C=O) groups excluding carboxylic acids is 1. The number of nitrogens with one attached hydrogen (secondary N) is 1. The first-order valence-electron chi connectivity index (χ1n) is 8.79. The van der Waals surface area contributed by atoms with Crippen molar-refractivity contribution >= 4 is 22.4 Å². The summed E-state index contributed by atoms with van der Waals surface area (Å²) < 4.78 is 5.65. The van der Waals surface area contributed by atoms with Crippen LogP contribution in [-0.2, 0) is 4.74 Å². The number of anilines is 1. The highest BCUT2D eigenvalue weighted by Gasteiger charge is 2.28. The van der Waals surface area contributed by atoms with Crippen molar-refractivity contribution in [3.05, 3.63) is 41.8 Å². The number of carbonyl (C=O) groups is 1. The summed E-state index contributed by atoms with van der Waals surface area (Å²) in [6.07, 6.45) is 1.43. The zero-order chi connectivity index (χ0) is 17.9. The average molecular weight is 359 g/mol. The van der Waals surface area contributed by atoms with E-state index in [0.717, 1.165) is 42.1 Å². The lowest BCUT2D eigenvalue weighted by Gasteiger charge is -2.40. The van der Waals surface area contributed by atoms with E-state index in [1.54, 1.807) is 0 Å². The van der Waals surface area contributed by atoms with Crippen LogP contribution in [0.25, 0.3) is 11.1 Å². The Hall–Kier alpha value is -1.85. The fourth-order valence-corrected chi connectivity index (χ4v) is 3.96. The highest BCUT2D eigenvalue weighted by molar-refractivity contribution is 7.15. The van der Waals surface area contributed by atoms with Crippen LogP contribution in [0.1, 0.15) is 33.6 Å². The number of hydrogen-bond acceptors (Lipinski definition) is 4. The van der Waals surface area contributed by atoms with E-state index in [4.69, 9.17) is 4.74 Å². The lowest BCUT2D eigenvalue weighted by atomic mass is 9.99. The van der Waals surface area contributed by atoms with E-state index in [1.165, 1.54) is 11.3 Å². The molecule has 1 aromatic carbocycles. The number of nitrogens with zero attached hydrogens (tertiary/aromatic N) is 1. The minimum atomic E-state index is -0.353. The van der Waals surface area contributed by atoms with Gasteiger partial charge in [0.05, 0.1) is 0 Å². The summed E-state index contributed by atoms with van der Waals surface area (Å²) in [5, 5.41) is 5.74. The quantitative estimate of drug-likeness (QED) is 0.817. The van der Waals surface area contributed by atoms with Gasteiger partial charge < -0.3 is 4.74 Å². The molecule has 0 aliphatic carbocycles. The molecular formula is C20H26N2O2S. The number of piperidine rings is 1. The van der Waals surface area contributed by atoms with Gasteiger partial charge in [-0.15, -0.1) is 11.3 Å². The lowest BCUT2D eigenvalue weighted by Crippen LogP contribution is -2.48. The third kappa shape index (κ3) is 4.61. The molecule has 1 aromatic heterocycles. The second-order valence-electron chi connectivity index (χ2n) is 7.42. The third-order valence-electron chi connectivity index (χ3n) is 4.63. The zero-order valence-electron chi connectivity index (χ0n) is 15.1. The van der Waals surface area contributed by atoms with Crippen molar-refractivity contribution in [2.24, 2.45) is 0 Å². The molecule has 134 valence electrons. The van der Waals surface area contributed by atoms with Crippen LogP contribution >= 0.6 is 11.3 Å². The molecule has 0 saturated carbocycles. The second-order valence-corrected chi connectivity index (χ2v) is 8.33. The predicted molar refractivity (Wildman–Crippen MR) is 104 cm³/mol. The van der Waals surface area contributed by atoms with Crippen molar-refractivity contribution in [2.75, 3.05) is 18.4 Å². The van der Waals surface area contributed by atoms with Crippen LogP contribution in [0, 0.1) is 0 Å². The molecule has 0 radical (unpaired) electrons. The summed E-state index contributed by atoms with van der Waals surface area (Å²) in [6.45, 7) is 8.61. The molecule has 1 N–H and O–H groups in total. The lowest BCUT2D eigenvalue weighted by molar-refractivity contribution is 0.0272. The largest absolute Gasteiger partial charge is 0.446 e. The van der Waals surface area contributed by atoms with Crippen LogP contribution < -0.4 is 5.32 Å². The molecule has 2 aromatic rings. The van der Waals surface area contributed by atoms with E-state index < -0.39 is 0 Å². The summed E-state index contributed by atoms with van der Waals surface area (Å²) in [5.74, 6) is 0. The molecule has 25 heavy (non-hydrogen) atoms. The van der Waals surface area contributed by atoms with E-state index in [-0.39, 0.29) is 17.7 Å². The Labute approximate surface area is 153 Å². The van der Waals surface area contributed by atoms with Crippen LogP contribution in [0.4, 0.5) is 9.80 Å². The van der Waals surface area contributed by atoms with Gasteiger partial charge in [-0.3, -0.25) is 10.2 Å². The molecule has 1 aliphatic rings. The van der Waals surface area contributed by atoms with Gasteiger partial charge in [-0.25, -0.2) is 4.79 Å². The van der Waals surface area contributed by atoms with Crippen LogP contribution in [0.3, 0.4) is 0 Å².